The Balaban J connectivity index is 1.76. The van der Waals surface area contributed by atoms with Crippen LogP contribution in [0.4, 0.5) is 0 Å². The summed E-state index contributed by atoms with van der Waals surface area (Å²) in [5.74, 6) is -0.0756. The van der Waals surface area contributed by atoms with E-state index in [1.165, 1.54) is 0 Å². The van der Waals surface area contributed by atoms with Crippen molar-refractivity contribution in [3.8, 4) is 0 Å². The zero-order valence-electron chi connectivity index (χ0n) is 11.1. The van der Waals surface area contributed by atoms with Gasteiger partial charge in [0.05, 0.1) is 19.8 Å². The summed E-state index contributed by atoms with van der Waals surface area (Å²) in [6.45, 7) is 7.46. The maximum atomic E-state index is 11.5. The largest absolute Gasteiger partial charge is 0.463 e. The first kappa shape index (κ1) is 13.6. The highest BCUT2D eigenvalue weighted by Crippen LogP contribution is 2.40. The zero-order valence-corrected chi connectivity index (χ0v) is 11.1. The van der Waals surface area contributed by atoms with Gasteiger partial charge >= 0.3 is 5.97 Å². The number of ether oxygens (including phenoxy) is 3. The summed E-state index contributed by atoms with van der Waals surface area (Å²) in [6.07, 6.45) is 4.63. The normalized spacial score (nSPS) is 23.2. The summed E-state index contributed by atoms with van der Waals surface area (Å²) in [4.78, 5) is 11.5. The third-order valence-corrected chi connectivity index (χ3v) is 3.78. The molecule has 2 rings (SSSR count). The molecule has 102 valence electrons. The van der Waals surface area contributed by atoms with Gasteiger partial charge < -0.3 is 14.2 Å². The molecule has 0 aromatic carbocycles. The van der Waals surface area contributed by atoms with Crippen molar-refractivity contribution >= 4 is 5.97 Å². The maximum absolute atomic E-state index is 11.5. The Hall–Kier alpha value is -0.870. The van der Waals surface area contributed by atoms with Crippen LogP contribution >= 0.6 is 0 Å². The van der Waals surface area contributed by atoms with Gasteiger partial charge in [0.25, 0.3) is 0 Å². The van der Waals surface area contributed by atoms with Crippen LogP contribution < -0.4 is 0 Å². The van der Waals surface area contributed by atoms with Crippen molar-refractivity contribution in [1.82, 2.24) is 0 Å². The SMILES string of the molecule is C=C(CC1CCC2(CC1)OCCO2)C(=O)OCC. The van der Waals surface area contributed by atoms with Crippen LogP contribution in [0.25, 0.3) is 0 Å². The minimum Gasteiger partial charge on any atom is -0.463 e. The smallest absolute Gasteiger partial charge is 0.333 e. The molecule has 0 aromatic rings. The summed E-state index contributed by atoms with van der Waals surface area (Å²) < 4.78 is 16.3. The Labute approximate surface area is 108 Å². The fourth-order valence-corrected chi connectivity index (χ4v) is 2.77. The van der Waals surface area contributed by atoms with Crippen LogP contribution in [0.15, 0.2) is 12.2 Å². The number of hydrogen-bond acceptors (Lipinski definition) is 4. The van der Waals surface area contributed by atoms with Crippen molar-refractivity contribution in [1.29, 1.82) is 0 Å². The van der Waals surface area contributed by atoms with Crippen molar-refractivity contribution in [2.24, 2.45) is 5.92 Å². The number of rotatable bonds is 4. The molecule has 2 aliphatic rings. The molecule has 2 fully saturated rings. The average Bonchev–Trinajstić information content (AvgIpc) is 2.81. The lowest BCUT2D eigenvalue weighted by Gasteiger charge is -2.35. The summed E-state index contributed by atoms with van der Waals surface area (Å²) in [5, 5.41) is 0. The molecule has 0 unspecified atom stereocenters. The molecule has 0 aromatic heterocycles. The molecule has 1 saturated heterocycles. The average molecular weight is 254 g/mol. The third-order valence-electron chi connectivity index (χ3n) is 3.78. The molecule has 0 amide bonds. The highest BCUT2D eigenvalue weighted by Gasteiger charge is 2.40. The monoisotopic (exact) mass is 254 g/mol. The number of esters is 1. The van der Waals surface area contributed by atoms with Gasteiger partial charge in [0, 0.05) is 18.4 Å². The van der Waals surface area contributed by atoms with Crippen molar-refractivity contribution in [2.75, 3.05) is 19.8 Å². The van der Waals surface area contributed by atoms with E-state index in [-0.39, 0.29) is 11.8 Å². The Kier molecular flexibility index (Phi) is 4.40. The molecule has 1 saturated carbocycles. The fraction of sp³-hybridized carbons (Fsp3) is 0.786. The number of carbonyl (C=O) groups is 1. The van der Waals surface area contributed by atoms with Crippen molar-refractivity contribution in [2.45, 2.75) is 44.8 Å². The molecule has 1 aliphatic heterocycles. The van der Waals surface area contributed by atoms with E-state index in [1.54, 1.807) is 0 Å². The summed E-state index contributed by atoms with van der Waals surface area (Å²) >= 11 is 0. The molecule has 1 heterocycles. The number of carbonyl (C=O) groups excluding carboxylic acids is 1. The van der Waals surface area contributed by atoms with Crippen molar-refractivity contribution < 1.29 is 19.0 Å². The van der Waals surface area contributed by atoms with E-state index in [4.69, 9.17) is 14.2 Å². The lowest BCUT2D eigenvalue weighted by Crippen LogP contribution is -2.35. The first-order valence-electron chi connectivity index (χ1n) is 6.78. The van der Waals surface area contributed by atoms with E-state index >= 15 is 0 Å². The highest BCUT2D eigenvalue weighted by atomic mass is 16.7. The van der Waals surface area contributed by atoms with E-state index in [2.05, 4.69) is 6.58 Å². The van der Waals surface area contributed by atoms with E-state index < -0.39 is 0 Å². The minimum atomic E-state index is -0.318. The molecule has 0 atom stereocenters. The molecule has 4 heteroatoms. The summed E-state index contributed by atoms with van der Waals surface area (Å²) in [6, 6.07) is 0. The quantitative estimate of drug-likeness (QED) is 0.571. The molecule has 1 aliphatic carbocycles. The molecule has 0 N–H and O–H groups in total. The standard InChI is InChI=1S/C14H22O4/c1-3-16-13(15)11(2)10-12-4-6-14(7-5-12)17-8-9-18-14/h12H,2-10H2,1H3. The van der Waals surface area contributed by atoms with Gasteiger partial charge in [-0.25, -0.2) is 4.79 Å². The highest BCUT2D eigenvalue weighted by molar-refractivity contribution is 5.87. The van der Waals surface area contributed by atoms with Crippen LogP contribution in [0.3, 0.4) is 0 Å². The van der Waals surface area contributed by atoms with Crippen LogP contribution in [0.5, 0.6) is 0 Å². The Morgan fingerprint density at radius 3 is 2.50 bits per heavy atom. The fourth-order valence-electron chi connectivity index (χ4n) is 2.77. The third kappa shape index (κ3) is 3.12. The zero-order chi connectivity index (χ0) is 13.0. The summed E-state index contributed by atoms with van der Waals surface area (Å²) in [7, 11) is 0. The second-order valence-corrected chi connectivity index (χ2v) is 5.08. The lowest BCUT2D eigenvalue weighted by molar-refractivity contribution is -0.182. The lowest BCUT2D eigenvalue weighted by atomic mass is 9.82. The maximum Gasteiger partial charge on any atom is 0.333 e. The molecule has 1 spiro atoms. The molecule has 4 nitrogen and oxygen atoms in total. The van der Waals surface area contributed by atoms with Gasteiger partial charge in [-0.2, -0.15) is 0 Å². The topological polar surface area (TPSA) is 44.8 Å². The minimum absolute atomic E-state index is 0.258. The Bertz CT molecular complexity index is 308. The molecular weight excluding hydrogens is 232 g/mol. The second-order valence-electron chi connectivity index (χ2n) is 5.08. The van der Waals surface area contributed by atoms with Gasteiger partial charge in [-0.3, -0.25) is 0 Å². The Morgan fingerprint density at radius 1 is 1.33 bits per heavy atom. The second kappa shape index (κ2) is 5.85. The van der Waals surface area contributed by atoms with Gasteiger partial charge in [-0.15, -0.1) is 0 Å². The molecular formula is C14H22O4. The van der Waals surface area contributed by atoms with Crippen LogP contribution in [-0.2, 0) is 19.0 Å². The van der Waals surface area contributed by atoms with E-state index in [0.717, 1.165) is 32.1 Å². The predicted molar refractivity (Wildman–Crippen MR) is 67.0 cm³/mol. The van der Waals surface area contributed by atoms with E-state index in [1.807, 2.05) is 6.92 Å². The van der Waals surface area contributed by atoms with E-state index in [0.29, 0.717) is 31.3 Å². The first-order chi connectivity index (χ1) is 8.65. The molecule has 0 bridgehead atoms. The van der Waals surface area contributed by atoms with Crippen LogP contribution in [0.2, 0.25) is 0 Å². The van der Waals surface area contributed by atoms with Crippen molar-refractivity contribution in [3.63, 3.8) is 0 Å². The van der Waals surface area contributed by atoms with Gasteiger partial charge in [0.15, 0.2) is 5.79 Å². The number of hydrogen-bond donors (Lipinski definition) is 0. The first-order valence-corrected chi connectivity index (χ1v) is 6.78. The van der Waals surface area contributed by atoms with Gasteiger partial charge in [0.1, 0.15) is 0 Å². The van der Waals surface area contributed by atoms with Gasteiger partial charge in [-0.1, -0.05) is 6.58 Å². The predicted octanol–water partition coefficient (Wildman–Crippen LogP) is 2.43. The van der Waals surface area contributed by atoms with E-state index in [9.17, 15) is 4.79 Å². The molecule has 18 heavy (non-hydrogen) atoms. The van der Waals surface area contributed by atoms with Gasteiger partial charge in [0.2, 0.25) is 0 Å². The van der Waals surface area contributed by atoms with Crippen molar-refractivity contribution in [3.05, 3.63) is 12.2 Å². The van der Waals surface area contributed by atoms with Crippen LogP contribution in [-0.4, -0.2) is 31.6 Å². The Morgan fingerprint density at radius 2 is 1.94 bits per heavy atom. The summed E-state index contributed by atoms with van der Waals surface area (Å²) in [5.41, 5.74) is 0.589. The van der Waals surface area contributed by atoms with Crippen LogP contribution in [0, 0.1) is 5.92 Å². The molecule has 0 radical (unpaired) electrons. The van der Waals surface area contributed by atoms with Gasteiger partial charge in [-0.05, 0) is 32.1 Å². The van der Waals surface area contributed by atoms with Crippen LogP contribution in [0.1, 0.15) is 39.0 Å².